The Labute approximate surface area is 69.1 Å². The number of hydrogen-bond donors (Lipinski definition) is 2. The molecule has 0 rings (SSSR count). The van der Waals surface area contributed by atoms with Gasteiger partial charge in [-0.05, 0) is 33.2 Å². The first-order valence-corrected chi connectivity index (χ1v) is 4.24. The van der Waals surface area contributed by atoms with Crippen molar-refractivity contribution in [2.75, 3.05) is 13.2 Å². The maximum Gasteiger partial charge on any atom is 0.0620 e. The molecule has 0 heterocycles. The summed E-state index contributed by atoms with van der Waals surface area (Å²) in [5, 5.41) is 0. The second kappa shape index (κ2) is 6.58. The van der Waals surface area contributed by atoms with E-state index in [1.807, 2.05) is 13.8 Å². The van der Waals surface area contributed by atoms with E-state index < -0.39 is 0 Å². The van der Waals surface area contributed by atoms with Crippen LogP contribution in [0.1, 0.15) is 26.7 Å². The number of rotatable bonds is 6. The van der Waals surface area contributed by atoms with Gasteiger partial charge in [0.1, 0.15) is 0 Å². The van der Waals surface area contributed by atoms with Gasteiger partial charge in [0.2, 0.25) is 0 Å². The normalized spacial score (nSPS) is 13.9. The maximum atomic E-state index is 5.73. The van der Waals surface area contributed by atoms with E-state index in [9.17, 15) is 0 Å². The minimum absolute atomic E-state index is 0.154. The van der Waals surface area contributed by atoms with Gasteiger partial charge in [-0.2, -0.15) is 0 Å². The van der Waals surface area contributed by atoms with Gasteiger partial charge in [-0.1, -0.05) is 0 Å². The third-order valence-electron chi connectivity index (χ3n) is 1.42. The molecule has 3 nitrogen and oxygen atoms in total. The van der Waals surface area contributed by atoms with E-state index in [0.29, 0.717) is 6.61 Å². The van der Waals surface area contributed by atoms with Crippen LogP contribution in [-0.2, 0) is 4.74 Å². The molecular formula is C8H20N2O. The Hall–Kier alpha value is -0.120. The predicted molar refractivity (Wildman–Crippen MR) is 47.4 cm³/mol. The molecule has 0 bridgehead atoms. The van der Waals surface area contributed by atoms with Crippen LogP contribution in [0.5, 0.6) is 0 Å². The Morgan fingerprint density at radius 1 is 1.36 bits per heavy atom. The van der Waals surface area contributed by atoms with Crippen LogP contribution in [0, 0.1) is 0 Å². The molecule has 0 unspecified atom stereocenters. The van der Waals surface area contributed by atoms with Crippen LogP contribution in [0.2, 0.25) is 0 Å². The SMILES string of the molecule is CC(C)OC[C@H](N)CCCN. The Morgan fingerprint density at radius 3 is 2.45 bits per heavy atom. The van der Waals surface area contributed by atoms with Crippen LogP contribution in [0.3, 0.4) is 0 Å². The summed E-state index contributed by atoms with van der Waals surface area (Å²) in [6.07, 6.45) is 2.23. The van der Waals surface area contributed by atoms with Crippen molar-refractivity contribution in [3.63, 3.8) is 0 Å². The lowest BCUT2D eigenvalue weighted by molar-refractivity contribution is 0.0667. The molecule has 0 saturated carbocycles. The fourth-order valence-corrected chi connectivity index (χ4v) is 0.779. The summed E-state index contributed by atoms with van der Waals surface area (Å²) in [6, 6.07) is 0.154. The molecule has 0 fully saturated rings. The highest BCUT2D eigenvalue weighted by atomic mass is 16.5. The van der Waals surface area contributed by atoms with Crippen molar-refractivity contribution in [2.45, 2.75) is 38.8 Å². The molecule has 1 atom stereocenters. The van der Waals surface area contributed by atoms with Crippen LogP contribution in [0.15, 0.2) is 0 Å². The Morgan fingerprint density at radius 2 is 2.00 bits per heavy atom. The zero-order chi connectivity index (χ0) is 8.69. The molecule has 0 aliphatic heterocycles. The topological polar surface area (TPSA) is 61.3 Å². The fourth-order valence-electron chi connectivity index (χ4n) is 0.779. The van der Waals surface area contributed by atoms with Crippen molar-refractivity contribution in [1.82, 2.24) is 0 Å². The van der Waals surface area contributed by atoms with Gasteiger partial charge in [0, 0.05) is 6.04 Å². The second-order valence-corrected chi connectivity index (χ2v) is 3.07. The molecule has 11 heavy (non-hydrogen) atoms. The van der Waals surface area contributed by atoms with E-state index in [0.717, 1.165) is 19.4 Å². The molecule has 68 valence electrons. The molecule has 0 radical (unpaired) electrons. The van der Waals surface area contributed by atoms with Crippen LogP contribution >= 0.6 is 0 Å². The zero-order valence-electron chi connectivity index (χ0n) is 7.55. The van der Waals surface area contributed by atoms with Crippen molar-refractivity contribution in [1.29, 1.82) is 0 Å². The van der Waals surface area contributed by atoms with E-state index >= 15 is 0 Å². The van der Waals surface area contributed by atoms with Gasteiger partial charge in [-0.3, -0.25) is 0 Å². The molecular weight excluding hydrogens is 140 g/mol. The lowest BCUT2D eigenvalue weighted by Gasteiger charge is -2.13. The third-order valence-corrected chi connectivity index (χ3v) is 1.42. The van der Waals surface area contributed by atoms with Gasteiger partial charge in [0.05, 0.1) is 12.7 Å². The summed E-state index contributed by atoms with van der Waals surface area (Å²) in [5.41, 5.74) is 11.1. The summed E-state index contributed by atoms with van der Waals surface area (Å²) in [4.78, 5) is 0. The van der Waals surface area contributed by atoms with Crippen molar-refractivity contribution in [3.05, 3.63) is 0 Å². The largest absolute Gasteiger partial charge is 0.377 e. The molecule has 0 amide bonds. The van der Waals surface area contributed by atoms with Gasteiger partial charge in [-0.25, -0.2) is 0 Å². The van der Waals surface area contributed by atoms with Crippen molar-refractivity contribution in [2.24, 2.45) is 11.5 Å². The summed E-state index contributed by atoms with van der Waals surface area (Å²) >= 11 is 0. The van der Waals surface area contributed by atoms with Gasteiger partial charge >= 0.3 is 0 Å². The Bertz CT molecular complexity index is 86.2. The van der Waals surface area contributed by atoms with Crippen molar-refractivity contribution < 1.29 is 4.74 Å². The van der Waals surface area contributed by atoms with Crippen LogP contribution in [0.25, 0.3) is 0 Å². The lowest BCUT2D eigenvalue weighted by Crippen LogP contribution is -2.28. The minimum Gasteiger partial charge on any atom is -0.377 e. The van der Waals surface area contributed by atoms with E-state index in [-0.39, 0.29) is 12.1 Å². The standard InChI is InChI=1S/C8H20N2O/c1-7(2)11-6-8(10)4-3-5-9/h7-8H,3-6,9-10H2,1-2H3/t8-/m1/s1. The third kappa shape index (κ3) is 7.78. The Balaban J connectivity index is 3.15. The van der Waals surface area contributed by atoms with Gasteiger partial charge in [0.15, 0.2) is 0 Å². The van der Waals surface area contributed by atoms with E-state index in [1.165, 1.54) is 0 Å². The smallest absolute Gasteiger partial charge is 0.0620 e. The number of hydrogen-bond acceptors (Lipinski definition) is 3. The number of ether oxygens (including phenoxy) is 1. The van der Waals surface area contributed by atoms with Crippen molar-refractivity contribution in [3.8, 4) is 0 Å². The molecule has 0 spiro atoms. The molecule has 3 heteroatoms. The average Bonchev–Trinajstić information content (AvgIpc) is 1.97. The molecule has 0 aromatic carbocycles. The number of nitrogens with two attached hydrogens (primary N) is 2. The summed E-state index contributed by atoms with van der Waals surface area (Å²) in [6.45, 7) is 5.39. The monoisotopic (exact) mass is 160 g/mol. The van der Waals surface area contributed by atoms with Crippen LogP contribution in [0.4, 0.5) is 0 Å². The molecule has 0 saturated heterocycles. The first-order chi connectivity index (χ1) is 5.16. The van der Waals surface area contributed by atoms with Gasteiger partial charge in [-0.15, -0.1) is 0 Å². The summed E-state index contributed by atoms with van der Waals surface area (Å²) in [7, 11) is 0. The fraction of sp³-hybridized carbons (Fsp3) is 1.00. The van der Waals surface area contributed by atoms with E-state index in [1.54, 1.807) is 0 Å². The van der Waals surface area contributed by atoms with Crippen LogP contribution in [-0.4, -0.2) is 25.3 Å². The highest BCUT2D eigenvalue weighted by Crippen LogP contribution is 1.96. The molecule has 0 aliphatic carbocycles. The maximum absolute atomic E-state index is 5.73. The van der Waals surface area contributed by atoms with E-state index in [2.05, 4.69) is 0 Å². The molecule has 0 aromatic rings. The summed E-state index contributed by atoms with van der Waals surface area (Å²) < 4.78 is 5.33. The second-order valence-electron chi connectivity index (χ2n) is 3.07. The van der Waals surface area contributed by atoms with Crippen LogP contribution < -0.4 is 11.5 Å². The highest BCUT2D eigenvalue weighted by Gasteiger charge is 2.02. The molecule has 0 aliphatic rings. The molecule has 0 aromatic heterocycles. The zero-order valence-corrected chi connectivity index (χ0v) is 7.55. The highest BCUT2D eigenvalue weighted by molar-refractivity contribution is 4.60. The van der Waals surface area contributed by atoms with Gasteiger partial charge in [0.25, 0.3) is 0 Å². The predicted octanol–water partition coefficient (Wildman–Crippen LogP) is 0.478. The van der Waals surface area contributed by atoms with E-state index in [4.69, 9.17) is 16.2 Å². The average molecular weight is 160 g/mol. The first kappa shape index (κ1) is 10.9. The lowest BCUT2D eigenvalue weighted by atomic mass is 10.2. The van der Waals surface area contributed by atoms with Gasteiger partial charge < -0.3 is 16.2 Å². The van der Waals surface area contributed by atoms with Crippen molar-refractivity contribution >= 4 is 0 Å². The molecule has 4 N–H and O–H groups in total. The Kier molecular flexibility index (Phi) is 6.51. The minimum atomic E-state index is 0.154. The first-order valence-electron chi connectivity index (χ1n) is 4.24. The quantitative estimate of drug-likeness (QED) is 0.594. The summed E-state index contributed by atoms with van der Waals surface area (Å²) in [5.74, 6) is 0.